The van der Waals surface area contributed by atoms with E-state index in [1.165, 1.54) is 7.11 Å². The van der Waals surface area contributed by atoms with Crippen LogP contribution in [0.2, 0.25) is 0 Å². The summed E-state index contributed by atoms with van der Waals surface area (Å²) in [7, 11) is 6.54. The topological polar surface area (TPSA) is 78.3 Å². The van der Waals surface area contributed by atoms with Crippen molar-refractivity contribution in [3.63, 3.8) is 0 Å². The molecule has 156 valence electrons. The summed E-state index contributed by atoms with van der Waals surface area (Å²) >= 11 is 0. The summed E-state index contributed by atoms with van der Waals surface area (Å²) < 4.78 is 15.4. The lowest BCUT2D eigenvalue weighted by atomic mass is 10.1. The summed E-state index contributed by atoms with van der Waals surface area (Å²) in [5, 5.41) is 2.91. The van der Waals surface area contributed by atoms with Crippen molar-refractivity contribution in [1.29, 1.82) is 0 Å². The summed E-state index contributed by atoms with van der Waals surface area (Å²) in [5.41, 5.74) is 3.59. The molecule has 29 heavy (non-hydrogen) atoms. The van der Waals surface area contributed by atoms with Gasteiger partial charge in [0.05, 0.1) is 33.9 Å². The summed E-state index contributed by atoms with van der Waals surface area (Å²) in [5.74, 6) is 0.956. The van der Waals surface area contributed by atoms with Crippen LogP contribution in [0.25, 0.3) is 0 Å². The van der Waals surface area contributed by atoms with Gasteiger partial charge in [-0.3, -0.25) is 4.79 Å². The van der Waals surface area contributed by atoms with Crippen molar-refractivity contribution in [1.82, 2.24) is 5.32 Å². The fourth-order valence-corrected chi connectivity index (χ4v) is 3.01. The molecule has 1 atom stereocenters. The van der Waals surface area contributed by atoms with E-state index in [0.29, 0.717) is 36.7 Å². The monoisotopic (exact) mass is 401 g/mol. The first-order chi connectivity index (χ1) is 13.9. The van der Waals surface area contributed by atoms with Crippen LogP contribution < -0.4 is 19.7 Å². The first-order valence-electron chi connectivity index (χ1n) is 9.34. The van der Waals surface area contributed by atoms with Gasteiger partial charge < -0.3 is 24.4 Å². The molecule has 0 fully saturated rings. The van der Waals surface area contributed by atoms with Gasteiger partial charge >= 0.3 is 5.97 Å². The van der Waals surface area contributed by atoms with E-state index >= 15 is 0 Å². The van der Waals surface area contributed by atoms with Gasteiger partial charge in [-0.15, -0.1) is 0 Å². The number of nitrogens with one attached hydrogen (secondary N) is 2. The van der Waals surface area contributed by atoms with Crippen molar-refractivity contribution in [2.75, 3.05) is 34.9 Å². The lowest BCUT2D eigenvalue weighted by Crippen LogP contribution is -3.08. The van der Waals surface area contributed by atoms with Gasteiger partial charge in [0, 0.05) is 12.1 Å². The van der Waals surface area contributed by atoms with E-state index in [9.17, 15) is 9.59 Å². The Bertz CT molecular complexity index is 849. The molecular weight excluding hydrogens is 372 g/mol. The molecule has 0 aliphatic rings. The molecule has 2 rings (SSSR count). The number of hydrogen-bond donors (Lipinski definition) is 2. The number of quaternary nitrogens is 1. The number of methoxy groups -OCH3 is 3. The van der Waals surface area contributed by atoms with Crippen molar-refractivity contribution in [2.24, 2.45) is 0 Å². The zero-order valence-electron chi connectivity index (χ0n) is 17.6. The fraction of sp³-hybridized carbons (Fsp3) is 0.364. The molecule has 0 radical (unpaired) electrons. The highest BCUT2D eigenvalue weighted by Crippen LogP contribution is 2.29. The van der Waals surface area contributed by atoms with E-state index in [4.69, 9.17) is 9.47 Å². The molecule has 7 heteroatoms. The number of benzene rings is 2. The lowest BCUT2D eigenvalue weighted by molar-refractivity contribution is -0.885. The average Bonchev–Trinajstić information content (AvgIpc) is 2.73. The Morgan fingerprint density at radius 1 is 1.00 bits per heavy atom. The van der Waals surface area contributed by atoms with Crippen LogP contribution in [0.3, 0.4) is 0 Å². The number of aryl methyl sites for hydroxylation is 1. The minimum atomic E-state index is -0.378. The maximum absolute atomic E-state index is 12.3. The van der Waals surface area contributed by atoms with Crippen LogP contribution in [0.4, 0.5) is 0 Å². The minimum absolute atomic E-state index is 0.0438. The van der Waals surface area contributed by atoms with E-state index in [-0.39, 0.29) is 11.9 Å². The largest absolute Gasteiger partial charge is 0.493 e. The number of esters is 1. The van der Waals surface area contributed by atoms with E-state index in [1.54, 1.807) is 38.5 Å². The Morgan fingerprint density at radius 2 is 1.62 bits per heavy atom. The van der Waals surface area contributed by atoms with Crippen LogP contribution in [-0.4, -0.2) is 46.8 Å². The second-order valence-corrected chi connectivity index (χ2v) is 6.91. The van der Waals surface area contributed by atoms with Gasteiger partial charge in [-0.05, 0) is 42.3 Å². The van der Waals surface area contributed by atoms with Crippen LogP contribution in [0.5, 0.6) is 11.5 Å². The Kier molecular flexibility index (Phi) is 8.03. The third-order valence-electron chi connectivity index (χ3n) is 4.66. The van der Waals surface area contributed by atoms with Crippen LogP contribution in [0.1, 0.15) is 27.0 Å². The van der Waals surface area contributed by atoms with E-state index in [0.717, 1.165) is 21.6 Å². The molecule has 2 N–H and O–H groups in total. The molecule has 1 unspecified atom stereocenters. The number of carbonyl (C=O) groups is 2. The molecule has 0 saturated carbocycles. The standard InChI is InChI=1S/C22H28N2O5/c1-15-10-19(27-3)20(28-4)11-18(15)13-24(2)14-21(25)23-12-16-6-8-17(9-7-16)22(26)29-5/h6-11H,12-14H2,1-5H3,(H,23,25)/p+1. The van der Waals surface area contributed by atoms with Gasteiger partial charge in [0.25, 0.3) is 5.91 Å². The number of ether oxygens (including phenoxy) is 3. The van der Waals surface area contributed by atoms with Gasteiger partial charge in [-0.1, -0.05) is 12.1 Å². The maximum atomic E-state index is 12.3. The predicted octanol–water partition coefficient (Wildman–Crippen LogP) is 1.13. The molecule has 0 bridgehead atoms. The van der Waals surface area contributed by atoms with Crippen molar-refractivity contribution in [3.05, 3.63) is 58.7 Å². The number of hydrogen-bond acceptors (Lipinski definition) is 5. The first-order valence-corrected chi connectivity index (χ1v) is 9.34. The first kappa shape index (κ1) is 22.2. The Hall–Kier alpha value is -3.06. The lowest BCUT2D eigenvalue weighted by Gasteiger charge is -2.17. The van der Waals surface area contributed by atoms with Gasteiger partial charge in [-0.2, -0.15) is 0 Å². The highest BCUT2D eigenvalue weighted by atomic mass is 16.5. The quantitative estimate of drug-likeness (QED) is 0.616. The Labute approximate surface area is 171 Å². The zero-order chi connectivity index (χ0) is 21.4. The second-order valence-electron chi connectivity index (χ2n) is 6.91. The maximum Gasteiger partial charge on any atom is 0.337 e. The van der Waals surface area contributed by atoms with Crippen LogP contribution in [0.15, 0.2) is 36.4 Å². The summed E-state index contributed by atoms with van der Waals surface area (Å²) in [6.07, 6.45) is 0. The van der Waals surface area contributed by atoms with Crippen molar-refractivity contribution in [3.8, 4) is 11.5 Å². The fourth-order valence-electron chi connectivity index (χ4n) is 3.01. The van der Waals surface area contributed by atoms with Crippen LogP contribution in [0, 0.1) is 6.92 Å². The van der Waals surface area contributed by atoms with Crippen molar-refractivity contribution >= 4 is 11.9 Å². The average molecular weight is 401 g/mol. The van der Waals surface area contributed by atoms with Crippen molar-refractivity contribution < 1.29 is 28.7 Å². The molecule has 7 nitrogen and oxygen atoms in total. The normalized spacial score (nSPS) is 11.5. The van der Waals surface area contributed by atoms with E-state index in [2.05, 4.69) is 10.1 Å². The molecule has 0 saturated heterocycles. The SMILES string of the molecule is COC(=O)c1ccc(CNC(=O)C[NH+](C)Cc2cc(OC)c(OC)cc2C)cc1. The summed E-state index contributed by atoms with van der Waals surface area (Å²) in [6.45, 7) is 3.45. The van der Waals surface area contributed by atoms with E-state index < -0.39 is 0 Å². The van der Waals surface area contributed by atoms with Crippen molar-refractivity contribution in [2.45, 2.75) is 20.0 Å². The number of likely N-dealkylation sites (N-methyl/N-ethyl adjacent to an activating group) is 1. The Balaban J connectivity index is 1.88. The highest BCUT2D eigenvalue weighted by Gasteiger charge is 2.15. The smallest absolute Gasteiger partial charge is 0.337 e. The van der Waals surface area contributed by atoms with Gasteiger partial charge in [-0.25, -0.2) is 4.79 Å². The molecule has 1 amide bonds. The third kappa shape index (κ3) is 6.22. The highest BCUT2D eigenvalue weighted by molar-refractivity contribution is 5.89. The molecule has 2 aromatic carbocycles. The van der Waals surface area contributed by atoms with Gasteiger partial charge in [0.15, 0.2) is 18.0 Å². The van der Waals surface area contributed by atoms with Crippen LogP contribution in [-0.2, 0) is 22.6 Å². The molecule has 0 heterocycles. The second kappa shape index (κ2) is 10.5. The summed E-state index contributed by atoms with van der Waals surface area (Å²) in [4.78, 5) is 24.8. The number of rotatable bonds is 9. The molecular formula is C22H29N2O5+. The minimum Gasteiger partial charge on any atom is -0.493 e. The third-order valence-corrected chi connectivity index (χ3v) is 4.66. The van der Waals surface area contributed by atoms with Crippen LogP contribution >= 0.6 is 0 Å². The number of amides is 1. The molecule has 2 aromatic rings. The summed E-state index contributed by atoms with van der Waals surface area (Å²) in [6, 6.07) is 10.9. The molecule has 0 aliphatic heterocycles. The zero-order valence-corrected chi connectivity index (χ0v) is 17.6. The van der Waals surface area contributed by atoms with Gasteiger partial charge in [0.2, 0.25) is 0 Å². The molecule has 0 aromatic heterocycles. The Morgan fingerprint density at radius 3 is 2.21 bits per heavy atom. The predicted molar refractivity (Wildman–Crippen MR) is 109 cm³/mol. The van der Waals surface area contributed by atoms with E-state index in [1.807, 2.05) is 26.1 Å². The van der Waals surface area contributed by atoms with Gasteiger partial charge in [0.1, 0.15) is 6.54 Å². The molecule has 0 aliphatic carbocycles. The molecule has 0 spiro atoms. The number of carbonyl (C=O) groups excluding carboxylic acids is 2.